The lowest BCUT2D eigenvalue weighted by atomic mass is 9.61. The van der Waals surface area contributed by atoms with Crippen molar-refractivity contribution < 1.29 is 9.53 Å². The highest BCUT2D eigenvalue weighted by Crippen LogP contribution is 2.44. The molecule has 1 fully saturated rings. The van der Waals surface area contributed by atoms with E-state index in [2.05, 4.69) is 95.3 Å². The van der Waals surface area contributed by atoms with E-state index in [9.17, 15) is 4.79 Å². The SMILES string of the molecule is CCCCCOc1ccc(-c2ccc(/C=C/C3C(=O)[C@@](C)(C(C)C)CC[C@H]3C)cc2)cc1. The van der Waals surface area contributed by atoms with Crippen LogP contribution < -0.4 is 4.74 Å². The average Bonchev–Trinajstić information content (AvgIpc) is 2.80. The van der Waals surface area contributed by atoms with Gasteiger partial charge in [0, 0.05) is 11.3 Å². The summed E-state index contributed by atoms with van der Waals surface area (Å²) >= 11 is 0. The van der Waals surface area contributed by atoms with E-state index in [1.807, 2.05) is 0 Å². The zero-order chi connectivity index (χ0) is 23.1. The van der Waals surface area contributed by atoms with Crippen LogP contribution in [-0.4, -0.2) is 12.4 Å². The van der Waals surface area contributed by atoms with Crippen LogP contribution >= 0.6 is 0 Å². The van der Waals surface area contributed by atoms with E-state index in [1.54, 1.807) is 0 Å². The Hall–Kier alpha value is -2.35. The largest absolute Gasteiger partial charge is 0.494 e. The second kappa shape index (κ2) is 11.0. The zero-order valence-corrected chi connectivity index (χ0v) is 20.6. The summed E-state index contributed by atoms with van der Waals surface area (Å²) in [6, 6.07) is 16.9. The lowest BCUT2D eigenvalue weighted by Gasteiger charge is -2.41. The van der Waals surface area contributed by atoms with Crippen molar-refractivity contribution in [3.8, 4) is 16.9 Å². The monoisotopic (exact) mass is 432 g/mol. The normalized spacial score (nSPS) is 23.8. The minimum Gasteiger partial charge on any atom is -0.494 e. The molecular weight excluding hydrogens is 392 g/mol. The number of rotatable bonds is 9. The summed E-state index contributed by atoms with van der Waals surface area (Å²) < 4.78 is 5.82. The van der Waals surface area contributed by atoms with Crippen LogP contribution in [0.15, 0.2) is 54.6 Å². The van der Waals surface area contributed by atoms with Gasteiger partial charge in [-0.15, -0.1) is 0 Å². The third-order valence-electron chi connectivity index (χ3n) is 7.48. The Morgan fingerprint density at radius 2 is 1.66 bits per heavy atom. The van der Waals surface area contributed by atoms with Crippen molar-refractivity contribution in [2.24, 2.45) is 23.2 Å². The number of benzene rings is 2. The molecule has 2 heteroatoms. The van der Waals surface area contributed by atoms with Crippen LogP contribution in [0, 0.1) is 23.2 Å². The van der Waals surface area contributed by atoms with Gasteiger partial charge in [0.1, 0.15) is 11.5 Å². The molecule has 0 bridgehead atoms. The van der Waals surface area contributed by atoms with E-state index in [0.717, 1.165) is 37.2 Å². The van der Waals surface area contributed by atoms with Gasteiger partial charge in [-0.2, -0.15) is 0 Å². The molecule has 2 aromatic rings. The molecule has 3 rings (SSSR count). The Morgan fingerprint density at radius 3 is 2.25 bits per heavy atom. The smallest absolute Gasteiger partial charge is 0.146 e. The summed E-state index contributed by atoms with van der Waals surface area (Å²) in [5.74, 6) is 2.15. The van der Waals surface area contributed by atoms with Crippen molar-refractivity contribution in [3.63, 3.8) is 0 Å². The van der Waals surface area contributed by atoms with Crippen LogP contribution in [0.3, 0.4) is 0 Å². The van der Waals surface area contributed by atoms with Crippen LogP contribution in [0.5, 0.6) is 5.75 Å². The average molecular weight is 433 g/mol. The molecular formula is C30H40O2. The maximum absolute atomic E-state index is 13.2. The number of unbranched alkanes of at least 4 members (excludes halogenated alkanes) is 2. The first-order valence-electron chi connectivity index (χ1n) is 12.4. The van der Waals surface area contributed by atoms with Crippen molar-refractivity contribution in [2.75, 3.05) is 6.61 Å². The second-order valence-corrected chi connectivity index (χ2v) is 10.0. The Balaban J connectivity index is 1.64. The van der Waals surface area contributed by atoms with Crippen LogP contribution in [-0.2, 0) is 4.79 Å². The molecule has 32 heavy (non-hydrogen) atoms. The molecule has 2 aromatic carbocycles. The van der Waals surface area contributed by atoms with E-state index >= 15 is 0 Å². The van der Waals surface area contributed by atoms with Crippen molar-refractivity contribution >= 4 is 11.9 Å². The molecule has 0 aromatic heterocycles. The summed E-state index contributed by atoms with van der Waals surface area (Å²) in [7, 11) is 0. The molecule has 0 radical (unpaired) electrons. The quantitative estimate of drug-likeness (QED) is 0.373. The van der Waals surface area contributed by atoms with Crippen molar-refractivity contribution in [1.29, 1.82) is 0 Å². The summed E-state index contributed by atoms with van der Waals surface area (Å²) in [5.41, 5.74) is 3.32. The number of ketones is 1. The van der Waals surface area contributed by atoms with E-state index in [0.29, 0.717) is 17.6 Å². The lowest BCUT2D eigenvalue weighted by Crippen LogP contribution is -2.43. The molecule has 1 saturated carbocycles. The number of carbonyl (C=O) groups excluding carboxylic acids is 1. The molecule has 0 N–H and O–H groups in total. The van der Waals surface area contributed by atoms with E-state index in [-0.39, 0.29) is 11.3 Å². The molecule has 0 saturated heterocycles. The van der Waals surface area contributed by atoms with E-state index < -0.39 is 0 Å². The van der Waals surface area contributed by atoms with Gasteiger partial charge >= 0.3 is 0 Å². The molecule has 2 nitrogen and oxygen atoms in total. The van der Waals surface area contributed by atoms with Crippen molar-refractivity contribution in [3.05, 3.63) is 60.2 Å². The van der Waals surface area contributed by atoms with Gasteiger partial charge in [-0.25, -0.2) is 0 Å². The molecule has 0 spiro atoms. The molecule has 1 aliphatic carbocycles. The third-order valence-corrected chi connectivity index (χ3v) is 7.48. The fraction of sp³-hybridized carbons (Fsp3) is 0.500. The first-order valence-corrected chi connectivity index (χ1v) is 12.4. The number of carbonyl (C=O) groups is 1. The van der Waals surface area contributed by atoms with Crippen LogP contribution in [0.2, 0.25) is 0 Å². The Labute approximate surface area is 195 Å². The molecule has 0 amide bonds. The van der Waals surface area contributed by atoms with Gasteiger partial charge in [-0.3, -0.25) is 4.79 Å². The summed E-state index contributed by atoms with van der Waals surface area (Å²) in [4.78, 5) is 13.2. The number of ether oxygens (including phenoxy) is 1. The van der Waals surface area contributed by atoms with E-state index in [1.165, 1.54) is 24.0 Å². The van der Waals surface area contributed by atoms with E-state index in [4.69, 9.17) is 4.74 Å². The minimum atomic E-state index is -0.197. The molecule has 1 aliphatic rings. The summed E-state index contributed by atoms with van der Waals surface area (Å²) in [6.07, 6.45) is 9.92. The first-order chi connectivity index (χ1) is 15.3. The minimum absolute atomic E-state index is 0.0145. The number of Topliss-reactive ketones (excluding diaryl/α,β-unsaturated/α-hetero) is 1. The molecule has 0 heterocycles. The van der Waals surface area contributed by atoms with Crippen molar-refractivity contribution in [1.82, 2.24) is 0 Å². The number of hydrogen-bond donors (Lipinski definition) is 0. The molecule has 172 valence electrons. The van der Waals surface area contributed by atoms with Crippen LogP contribution in [0.25, 0.3) is 17.2 Å². The fourth-order valence-corrected chi connectivity index (χ4v) is 4.61. The first kappa shape index (κ1) is 24.3. The van der Waals surface area contributed by atoms with Gasteiger partial charge in [0.05, 0.1) is 6.61 Å². The van der Waals surface area contributed by atoms with Gasteiger partial charge < -0.3 is 4.74 Å². The number of allylic oxidation sites excluding steroid dienone is 1. The van der Waals surface area contributed by atoms with Crippen molar-refractivity contribution in [2.45, 2.75) is 66.7 Å². The van der Waals surface area contributed by atoms with Gasteiger partial charge in [0.2, 0.25) is 0 Å². The maximum Gasteiger partial charge on any atom is 0.146 e. The van der Waals surface area contributed by atoms with Gasteiger partial charge in [0.25, 0.3) is 0 Å². The highest BCUT2D eigenvalue weighted by Gasteiger charge is 2.44. The topological polar surface area (TPSA) is 26.3 Å². The molecule has 0 aliphatic heterocycles. The standard InChI is InChI=1S/C30H40O2/c1-6-7-8-21-32-27-16-14-26(15-17-27)25-12-9-24(10-13-25)11-18-28-23(4)19-20-30(5,22(2)3)29(28)31/h9-18,22-23,28H,6-8,19-21H2,1-5H3/b18-11+/t23-,28?,30-/m1/s1. The summed E-state index contributed by atoms with van der Waals surface area (Å²) in [6.45, 7) is 11.7. The molecule has 3 atom stereocenters. The predicted octanol–water partition coefficient (Wildman–Crippen LogP) is 8.21. The molecule has 1 unspecified atom stereocenters. The second-order valence-electron chi connectivity index (χ2n) is 10.0. The summed E-state index contributed by atoms with van der Waals surface area (Å²) in [5, 5.41) is 0. The highest BCUT2D eigenvalue weighted by atomic mass is 16.5. The predicted molar refractivity (Wildman–Crippen MR) is 136 cm³/mol. The van der Waals surface area contributed by atoms with Crippen LogP contribution in [0.4, 0.5) is 0 Å². The fourth-order valence-electron chi connectivity index (χ4n) is 4.61. The lowest BCUT2D eigenvalue weighted by molar-refractivity contribution is -0.138. The zero-order valence-electron chi connectivity index (χ0n) is 20.6. The maximum atomic E-state index is 13.2. The highest BCUT2D eigenvalue weighted by molar-refractivity contribution is 5.90. The van der Waals surface area contributed by atoms with Gasteiger partial charge in [-0.05, 0) is 59.9 Å². The Kier molecular flexibility index (Phi) is 8.34. The van der Waals surface area contributed by atoms with Gasteiger partial charge in [0.15, 0.2) is 0 Å². The Morgan fingerprint density at radius 1 is 1.03 bits per heavy atom. The number of hydrogen-bond acceptors (Lipinski definition) is 2. The van der Waals surface area contributed by atoms with Gasteiger partial charge in [-0.1, -0.05) is 96.0 Å². The Bertz CT molecular complexity index is 891. The van der Waals surface area contributed by atoms with Crippen LogP contribution in [0.1, 0.15) is 72.3 Å². The third kappa shape index (κ3) is 5.71.